The lowest BCUT2D eigenvalue weighted by molar-refractivity contribution is -0.657. The van der Waals surface area contributed by atoms with Gasteiger partial charge in [-0.2, -0.15) is 0 Å². The van der Waals surface area contributed by atoms with Gasteiger partial charge in [0.15, 0.2) is 0 Å². The van der Waals surface area contributed by atoms with Gasteiger partial charge >= 0.3 is 77.6 Å². The molecule has 2 aromatic carbocycles. The summed E-state index contributed by atoms with van der Waals surface area (Å²) in [5.41, 5.74) is 9.04. The fourth-order valence-electron chi connectivity index (χ4n) is 7.33. The van der Waals surface area contributed by atoms with Crippen LogP contribution < -0.4 is 55.6 Å². The minimum atomic E-state index is -2.48. The maximum Gasteiger partial charge on any atom is 0.549 e. The second-order valence-electron chi connectivity index (χ2n) is 18.1. The molecule has 1 amide bonds. The van der Waals surface area contributed by atoms with Crippen LogP contribution in [0.15, 0.2) is 93.8 Å². The van der Waals surface area contributed by atoms with Gasteiger partial charge in [-0.1, -0.05) is 10.2 Å². The monoisotopic (exact) mass is 1450 g/mol. The molecule has 2 aromatic heterocycles. The summed E-state index contributed by atoms with van der Waals surface area (Å²) < 4.78 is 109. The number of anilines is 2. The molecule has 0 aliphatic rings. The molecule has 0 unspecified atom stereocenters. The number of azo groups is 2. The Labute approximate surface area is 562 Å². The van der Waals surface area contributed by atoms with E-state index in [1.54, 1.807) is 85.3 Å². The lowest BCUT2D eigenvalue weighted by Crippen LogP contribution is -3.00. The third kappa shape index (κ3) is 41.5. The van der Waals surface area contributed by atoms with E-state index in [1.807, 2.05) is 120 Å². The van der Waals surface area contributed by atoms with Crippen LogP contribution in [0.4, 0.5) is 34.6 Å². The minimum Gasteiger partial charge on any atom is -1.00 e. The van der Waals surface area contributed by atoms with E-state index in [-0.39, 0.29) is 30.7 Å². The van der Waals surface area contributed by atoms with Gasteiger partial charge in [0.2, 0.25) is 5.91 Å². The second kappa shape index (κ2) is 57.3. The number of hydrogen-bond acceptors (Lipinski definition) is 27. The molecular formula is C52H98Cl2N12O20Si6. The Morgan fingerprint density at radius 2 is 0.728 bits per heavy atom. The third-order valence-corrected chi connectivity index (χ3v) is 23.6. The zero-order valence-electron chi connectivity index (χ0n) is 56.5. The number of rotatable bonds is 33. The Morgan fingerprint density at radius 3 is 0.935 bits per heavy atom. The summed E-state index contributed by atoms with van der Waals surface area (Å²) >= 11 is 0. The third-order valence-electron chi connectivity index (χ3n) is 12.3. The van der Waals surface area contributed by atoms with E-state index in [9.17, 15) is 14.4 Å². The fourth-order valence-corrected chi connectivity index (χ4v) is 14.2. The summed E-state index contributed by atoms with van der Waals surface area (Å²) in [5.74, 6) is 0.424. The van der Waals surface area contributed by atoms with Crippen molar-refractivity contribution in [2.24, 2.45) is 54.4 Å². The van der Waals surface area contributed by atoms with E-state index < -0.39 is 65.7 Å². The van der Waals surface area contributed by atoms with E-state index in [0.29, 0.717) is 19.1 Å². The number of aryl methyl sites for hydroxylation is 4. The smallest absolute Gasteiger partial charge is 0.549 e. The largest absolute Gasteiger partial charge is 1.00 e. The fraction of sp³-hybridized carbons (Fsp3) is 0.596. The maximum atomic E-state index is 10.6. The number of ether oxygens (including phenoxy) is 1. The molecule has 0 bridgehead atoms. The van der Waals surface area contributed by atoms with Crippen molar-refractivity contribution >= 4 is 106 Å². The van der Waals surface area contributed by atoms with Gasteiger partial charge in [0, 0.05) is 172 Å². The first-order chi connectivity index (χ1) is 42.9. The molecule has 4 aromatic rings. The SMILES string of the molecule is CC(=O)OC(C)=O.CO[Si](CCCN)(OC)OC.CO[Si](CCCNC(C)=O)(OC)OC.CO[Si](CCCNc1ccc(N=Nc2n(C)cc[n+]2C)cc1)(OC)OC.CO[Si](CCCNc1ccc(N=Nc2n(C)cc[n+]2C)cc1)(OC)OC.O=[Si]=O.O=[Si]=O.[Cl-].[Cl-]. The van der Waals surface area contributed by atoms with E-state index in [2.05, 4.69) is 41.1 Å². The molecule has 32 nitrogen and oxygen atoms in total. The highest BCUT2D eigenvalue weighted by Gasteiger charge is 2.39. The first kappa shape index (κ1) is 95.5. The number of carbonyl (C=O) groups is 3. The van der Waals surface area contributed by atoms with Crippen molar-refractivity contribution in [2.75, 3.05) is 122 Å². The molecule has 0 fully saturated rings. The number of carbonyl (C=O) groups excluding carboxylic acids is 3. The number of halogens is 2. The summed E-state index contributed by atoms with van der Waals surface area (Å²) in [6.45, 7) is 6.75. The lowest BCUT2D eigenvalue weighted by atomic mass is 10.3. The van der Waals surface area contributed by atoms with E-state index in [0.717, 1.165) is 91.6 Å². The summed E-state index contributed by atoms with van der Waals surface area (Å²) in [6, 6.07) is 18.7. The molecule has 5 N–H and O–H groups in total. The highest BCUT2D eigenvalue weighted by molar-refractivity contribution is 6.61. The van der Waals surface area contributed by atoms with Crippen LogP contribution >= 0.6 is 0 Å². The summed E-state index contributed by atoms with van der Waals surface area (Å²) in [4.78, 5) is 30.2. The average Bonchev–Trinajstić information content (AvgIpc) is 1.90. The van der Waals surface area contributed by atoms with Crippen LogP contribution in [0.5, 0.6) is 0 Å². The van der Waals surface area contributed by atoms with Crippen molar-refractivity contribution in [1.29, 1.82) is 0 Å². The van der Waals surface area contributed by atoms with Crippen LogP contribution in [0.1, 0.15) is 46.5 Å². The molecule has 4 rings (SSSR count). The van der Waals surface area contributed by atoms with Crippen LogP contribution in [0.3, 0.4) is 0 Å². The molecule has 40 heteroatoms. The zero-order chi connectivity index (χ0) is 69.0. The Hall–Kier alpha value is -5.17. The minimum absolute atomic E-state index is 0. The number of imidazole rings is 2. The van der Waals surface area contributed by atoms with Crippen LogP contribution in [-0.4, -0.2) is 192 Å². The van der Waals surface area contributed by atoms with Crippen LogP contribution in [-0.2, 0) is 118 Å². The average molecular weight is 1450 g/mol. The Kier molecular flexibility index (Phi) is 59.5. The quantitative estimate of drug-likeness (QED) is 0.0115. The first-order valence-electron chi connectivity index (χ1n) is 27.6. The molecule has 0 radical (unpaired) electrons. The molecule has 0 saturated heterocycles. The molecular weight excluding hydrogens is 1350 g/mol. The van der Waals surface area contributed by atoms with Crippen molar-refractivity contribution in [2.45, 2.75) is 70.6 Å². The van der Waals surface area contributed by atoms with Gasteiger partial charge in [-0.05, 0) is 80.8 Å². The second-order valence-corrected chi connectivity index (χ2v) is 30.8. The van der Waals surface area contributed by atoms with Gasteiger partial charge in [0.05, 0.1) is 53.0 Å². The number of benzene rings is 2. The molecule has 0 aliphatic carbocycles. The van der Waals surface area contributed by atoms with Crippen molar-refractivity contribution in [3.63, 3.8) is 0 Å². The van der Waals surface area contributed by atoms with Crippen molar-refractivity contribution in [3.8, 4) is 0 Å². The molecule has 0 spiro atoms. The van der Waals surface area contributed by atoms with Crippen LogP contribution in [0, 0.1) is 0 Å². The van der Waals surface area contributed by atoms with Gasteiger partial charge in [-0.25, -0.2) is 18.3 Å². The number of amides is 1. The summed E-state index contributed by atoms with van der Waals surface area (Å²) in [6.07, 6.45) is 11.2. The Balaban J connectivity index is -0.000000355. The van der Waals surface area contributed by atoms with E-state index in [1.165, 1.54) is 20.8 Å². The molecule has 0 atom stereocenters. The molecule has 0 saturated carbocycles. The molecule has 524 valence electrons. The maximum absolute atomic E-state index is 10.6. The van der Waals surface area contributed by atoms with Gasteiger partial charge in [0.25, 0.3) is 0 Å². The molecule has 2 heterocycles. The van der Waals surface area contributed by atoms with Crippen LogP contribution in [0.25, 0.3) is 0 Å². The number of hydrogen-bond donors (Lipinski definition) is 4. The number of esters is 2. The highest BCUT2D eigenvalue weighted by atomic mass is 35.5. The summed E-state index contributed by atoms with van der Waals surface area (Å²) in [7, 11) is 14.6. The van der Waals surface area contributed by atoms with Gasteiger partial charge in [-0.15, -0.1) is 0 Å². The summed E-state index contributed by atoms with van der Waals surface area (Å²) in [5, 5.41) is 26.6. The predicted octanol–water partition coefficient (Wildman–Crippen LogP) is -0.639. The van der Waals surface area contributed by atoms with Gasteiger partial charge in [0.1, 0.15) is 11.4 Å². The Morgan fingerprint density at radius 1 is 0.467 bits per heavy atom. The zero-order valence-corrected chi connectivity index (χ0v) is 64.0. The van der Waals surface area contributed by atoms with Crippen molar-refractivity contribution in [3.05, 3.63) is 73.3 Å². The van der Waals surface area contributed by atoms with Crippen molar-refractivity contribution in [1.82, 2.24) is 14.5 Å². The molecule has 0 aliphatic heterocycles. The number of nitrogens with zero attached hydrogens (tertiary/aromatic N) is 8. The van der Waals surface area contributed by atoms with Crippen molar-refractivity contribution < 1.29 is 124 Å². The van der Waals surface area contributed by atoms with Gasteiger partial charge in [-0.3, -0.25) is 32.2 Å². The van der Waals surface area contributed by atoms with Crippen LogP contribution in [0.2, 0.25) is 24.2 Å². The number of nitrogens with two attached hydrogens (primary N) is 1. The standard InChI is InChI=1S/2C17H27N5O3Si.C8H19NO4Si.C6H17NO3Si.C4H6O3.2ClH.2O2Si/c2*1-21-12-13-22(2)17(21)20-19-16-9-7-15(8-10-16)18-11-6-14-26(23-3,24-4)25-5;1-8(10)9-6-5-7-14(11-2,12-3)13-4;1-8-11(9-2,10-3)6-4-5-7;1-3(5)7-4(2)6;;;2*1-3-2/h2*7-10,12-13H,6,11,14H2,1-5H3;5-7H2,1-4H3,(H,9,10);4-7H2,1-3H3;1-2H3;2*1H;;. The Bertz CT molecular complexity index is 2470. The van der Waals surface area contributed by atoms with E-state index in [4.69, 9.17) is 76.7 Å². The number of aromatic nitrogens is 4. The first-order valence-corrected chi connectivity index (χ1v) is 37.0. The normalized spacial score (nSPS) is 10.7. The molecule has 92 heavy (non-hydrogen) atoms. The van der Waals surface area contributed by atoms with E-state index >= 15 is 0 Å². The highest BCUT2D eigenvalue weighted by Crippen LogP contribution is 2.22. The number of nitrogens with one attached hydrogen (secondary N) is 3. The lowest BCUT2D eigenvalue weighted by Gasteiger charge is -2.24. The topological polar surface area (TPSA) is 369 Å². The van der Waals surface area contributed by atoms with Gasteiger partial charge < -0.3 is 104 Å². The predicted molar refractivity (Wildman–Crippen MR) is 341 cm³/mol.